The summed E-state index contributed by atoms with van der Waals surface area (Å²) in [7, 11) is -0.341. The zero-order valence-corrected chi connectivity index (χ0v) is 25.9. The lowest BCUT2D eigenvalue weighted by atomic mass is 10.0. The van der Waals surface area contributed by atoms with Crippen LogP contribution in [0.15, 0.2) is 12.2 Å². The third kappa shape index (κ3) is 29.4. The van der Waals surface area contributed by atoms with Crippen molar-refractivity contribution in [3.05, 3.63) is 12.2 Å². The van der Waals surface area contributed by atoms with Crippen LogP contribution in [-0.4, -0.2) is 75.5 Å². The van der Waals surface area contributed by atoms with Crippen molar-refractivity contribution in [2.24, 2.45) is 0 Å². The molecule has 0 aliphatic carbocycles. The van der Waals surface area contributed by atoms with Crippen LogP contribution in [0.25, 0.3) is 0 Å². The summed E-state index contributed by atoms with van der Waals surface area (Å²) in [5.74, 6) is -1.51. The van der Waals surface area contributed by atoms with E-state index in [-0.39, 0.29) is 12.4 Å². The Balaban J connectivity index is 3.56. The molecule has 39 heavy (non-hydrogen) atoms. The standard InChI is InChI=1S/C30H57NO7S/c1-4-5-6-7-8-9-10-11-12-13-14-15-16-17-18-19-26-37-29(32)22-23-30(33)38-27-20-24-31(2,3)25-21-28-39(34,35)36/h22-23H,4-21,24-28H2,1-3H3/b23-22-. The van der Waals surface area contributed by atoms with Gasteiger partial charge in [0.05, 0.1) is 50.5 Å². The van der Waals surface area contributed by atoms with Crippen LogP contribution in [-0.2, 0) is 29.2 Å². The first-order chi connectivity index (χ1) is 18.6. The largest absolute Gasteiger partial charge is 0.748 e. The van der Waals surface area contributed by atoms with E-state index in [4.69, 9.17) is 9.47 Å². The van der Waals surface area contributed by atoms with Crippen molar-refractivity contribution in [2.75, 3.05) is 46.2 Å². The highest BCUT2D eigenvalue weighted by Crippen LogP contribution is 2.13. The fourth-order valence-electron chi connectivity index (χ4n) is 4.50. The number of nitrogens with zero attached hydrogens (tertiary/aromatic N) is 1. The first-order valence-electron chi connectivity index (χ1n) is 15.3. The highest BCUT2D eigenvalue weighted by atomic mass is 32.2. The van der Waals surface area contributed by atoms with Crippen LogP contribution < -0.4 is 0 Å². The van der Waals surface area contributed by atoms with Crippen LogP contribution in [0.1, 0.15) is 122 Å². The van der Waals surface area contributed by atoms with Gasteiger partial charge in [0.1, 0.15) is 0 Å². The molecule has 9 heteroatoms. The van der Waals surface area contributed by atoms with Crippen LogP contribution >= 0.6 is 0 Å². The summed E-state index contributed by atoms with van der Waals surface area (Å²) >= 11 is 0. The first-order valence-corrected chi connectivity index (χ1v) is 16.9. The molecule has 0 atom stereocenters. The Kier molecular flexibility index (Phi) is 23.4. The monoisotopic (exact) mass is 575 g/mol. The number of hydrogen-bond donors (Lipinski definition) is 0. The molecular formula is C30H57NO7S. The molecule has 0 amide bonds. The van der Waals surface area contributed by atoms with Crippen LogP contribution in [0.5, 0.6) is 0 Å². The lowest BCUT2D eigenvalue weighted by Gasteiger charge is -2.29. The number of carbonyl (C=O) groups is 2. The lowest BCUT2D eigenvalue weighted by molar-refractivity contribution is -0.890. The van der Waals surface area contributed by atoms with Gasteiger partial charge in [0, 0.05) is 30.7 Å². The van der Waals surface area contributed by atoms with E-state index in [0.29, 0.717) is 37.0 Å². The van der Waals surface area contributed by atoms with Gasteiger partial charge < -0.3 is 18.5 Å². The fourth-order valence-corrected chi connectivity index (χ4v) is 4.98. The van der Waals surface area contributed by atoms with E-state index < -0.39 is 22.1 Å². The molecule has 0 aromatic carbocycles. The Bertz CT molecular complexity index is 750. The summed E-state index contributed by atoms with van der Waals surface area (Å²) in [6.45, 7) is 4.02. The smallest absolute Gasteiger partial charge is 0.331 e. The van der Waals surface area contributed by atoms with Crippen molar-refractivity contribution in [3.8, 4) is 0 Å². The van der Waals surface area contributed by atoms with Crippen molar-refractivity contribution in [1.82, 2.24) is 0 Å². The van der Waals surface area contributed by atoms with Crippen molar-refractivity contribution in [3.63, 3.8) is 0 Å². The minimum absolute atomic E-state index is 0.193. The zero-order chi connectivity index (χ0) is 29.2. The summed E-state index contributed by atoms with van der Waals surface area (Å²) in [6.07, 6.45) is 23.7. The number of unbranched alkanes of at least 4 members (excludes halogenated alkanes) is 15. The van der Waals surface area contributed by atoms with Gasteiger partial charge >= 0.3 is 11.9 Å². The number of carbonyl (C=O) groups excluding carboxylic acids is 2. The van der Waals surface area contributed by atoms with Gasteiger partial charge in [-0.25, -0.2) is 18.0 Å². The third-order valence-electron chi connectivity index (χ3n) is 6.91. The Morgan fingerprint density at radius 3 is 1.38 bits per heavy atom. The average Bonchev–Trinajstić information content (AvgIpc) is 2.86. The first kappa shape index (κ1) is 37.6. The topological polar surface area (TPSA) is 110 Å². The second kappa shape index (κ2) is 24.4. The molecule has 0 aromatic rings. The third-order valence-corrected chi connectivity index (χ3v) is 7.70. The second-order valence-electron chi connectivity index (χ2n) is 11.3. The minimum atomic E-state index is -4.19. The number of quaternary nitrogens is 1. The fraction of sp³-hybridized carbons (Fsp3) is 0.867. The molecule has 8 nitrogen and oxygen atoms in total. The molecule has 0 aliphatic heterocycles. The quantitative estimate of drug-likeness (QED) is 0.0372. The molecule has 0 fully saturated rings. The summed E-state index contributed by atoms with van der Waals surface area (Å²) in [5, 5.41) is 0. The lowest BCUT2D eigenvalue weighted by Crippen LogP contribution is -2.42. The number of ether oxygens (including phenoxy) is 2. The van der Waals surface area contributed by atoms with E-state index in [9.17, 15) is 22.6 Å². The molecule has 0 unspecified atom stereocenters. The molecular weight excluding hydrogens is 518 g/mol. The van der Waals surface area contributed by atoms with E-state index >= 15 is 0 Å². The van der Waals surface area contributed by atoms with E-state index in [1.807, 2.05) is 14.1 Å². The molecule has 0 radical (unpaired) electrons. The summed E-state index contributed by atoms with van der Waals surface area (Å²) in [4.78, 5) is 23.5. The molecule has 0 bridgehead atoms. The summed E-state index contributed by atoms with van der Waals surface area (Å²) < 4.78 is 42.8. The molecule has 0 heterocycles. The van der Waals surface area contributed by atoms with E-state index in [1.165, 1.54) is 83.5 Å². The SMILES string of the molecule is CCCCCCCCCCCCCCCCCCOC(=O)/C=C\C(=O)OCCC[N+](C)(C)CCCS(=O)(=O)[O-]. The van der Waals surface area contributed by atoms with E-state index in [0.717, 1.165) is 31.4 Å². The van der Waals surface area contributed by atoms with Crippen LogP contribution in [0.3, 0.4) is 0 Å². The number of hydrogen-bond acceptors (Lipinski definition) is 7. The summed E-state index contributed by atoms with van der Waals surface area (Å²) in [6, 6.07) is 0. The summed E-state index contributed by atoms with van der Waals surface area (Å²) in [5.41, 5.74) is 0. The van der Waals surface area contributed by atoms with Crippen LogP contribution in [0.4, 0.5) is 0 Å². The van der Waals surface area contributed by atoms with Gasteiger partial charge in [-0.3, -0.25) is 0 Å². The van der Waals surface area contributed by atoms with Crippen LogP contribution in [0.2, 0.25) is 0 Å². The minimum Gasteiger partial charge on any atom is -0.748 e. The van der Waals surface area contributed by atoms with Gasteiger partial charge in [-0.05, 0) is 6.42 Å². The zero-order valence-electron chi connectivity index (χ0n) is 25.1. The maximum Gasteiger partial charge on any atom is 0.331 e. The molecule has 0 saturated carbocycles. The van der Waals surface area contributed by atoms with Crippen LogP contribution in [0, 0.1) is 0 Å². The number of rotatable bonds is 27. The maximum absolute atomic E-state index is 11.8. The molecule has 0 saturated heterocycles. The maximum atomic E-state index is 11.8. The molecule has 0 spiro atoms. The van der Waals surface area contributed by atoms with Crippen molar-refractivity contribution < 1.29 is 36.5 Å². The van der Waals surface area contributed by atoms with E-state index in [1.54, 1.807) is 0 Å². The Morgan fingerprint density at radius 1 is 0.615 bits per heavy atom. The van der Waals surface area contributed by atoms with E-state index in [2.05, 4.69) is 6.92 Å². The van der Waals surface area contributed by atoms with Gasteiger partial charge in [0.2, 0.25) is 0 Å². The molecule has 0 aromatic heterocycles. The molecule has 0 aliphatic rings. The van der Waals surface area contributed by atoms with Gasteiger partial charge in [-0.2, -0.15) is 0 Å². The molecule has 0 rings (SSSR count). The highest BCUT2D eigenvalue weighted by Gasteiger charge is 2.15. The highest BCUT2D eigenvalue weighted by molar-refractivity contribution is 7.85. The van der Waals surface area contributed by atoms with Gasteiger partial charge in [-0.1, -0.05) is 103 Å². The van der Waals surface area contributed by atoms with Crippen molar-refractivity contribution in [1.29, 1.82) is 0 Å². The molecule has 230 valence electrons. The van der Waals surface area contributed by atoms with Gasteiger partial charge in [-0.15, -0.1) is 0 Å². The predicted molar refractivity (Wildman–Crippen MR) is 156 cm³/mol. The second-order valence-corrected chi connectivity index (χ2v) is 12.8. The molecule has 0 N–H and O–H groups in total. The Labute approximate surface area is 239 Å². The average molecular weight is 576 g/mol. The Hall–Kier alpha value is -1.45. The van der Waals surface area contributed by atoms with Crippen molar-refractivity contribution in [2.45, 2.75) is 122 Å². The van der Waals surface area contributed by atoms with Gasteiger partial charge in [0.15, 0.2) is 0 Å². The predicted octanol–water partition coefficient (Wildman–Crippen LogP) is 6.29. The van der Waals surface area contributed by atoms with Crippen molar-refractivity contribution >= 4 is 22.1 Å². The Morgan fingerprint density at radius 2 is 0.974 bits per heavy atom. The number of esters is 2. The normalized spacial score (nSPS) is 12.2. The van der Waals surface area contributed by atoms with Gasteiger partial charge in [0.25, 0.3) is 0 Å².